The van der Waals surface area contributed by atoms with Crippen molar-refractivity contribution in [3.05, 3.63) is 24.0 Å². The summed E-state index contributed by atoms with van der Waals surface area (Å²) in [5, 5.41) is 2.35. The van der Waals surface area contributed by atoms with Crippen LogP contribution in [0.15, 0.2) is 18.2 Å². The number of carbonyl (C=O) groups is 1. The number of hydrogen-bond acceptors (Lipinski definition) is 2. The third-order valence-corrected chi connectivity index (χ3v) is 4.83. The molecule has 1 aromatic carbocycles. The number of unbranched alkanes of at least 4 members (excludes halogenated alkanes) is 1. The number of alkyl halides is 3. The molecule has 3 nitrogen and oxygen atoms in total. The normalized spacial score (nSPS) is 23.9. The molecule has 1 heterocycles. The molecular weight excluding hydrogens is 324 g/mol. The maximum atomic E-state index is 14.1. The van der Waals surface area contributed by atoms with Crippen LogP contribution < -0.4 is 10.2 Å². The highest BCUT2D eigenvalue weighted by Crippen LogP contribution is 2.49. The predicted octanol–water partition coefficient (Wildman–Crippen LogP) is 4.49. The first-order valence-corrected chi connectivity index (χ1v) is 8.25. The lowest BCUT2D eigenvalue weighted by molar-refractivity contribution is -0.192. The zero-order valence-corrected chi connectivity index (χ0v) is 13.4. The van der Waals surface area contributed by atoms with Crippen LogP contribution >= 0.6 is 0 Å². The molecule has 1 aliphatic carbocycles. The number of benzene rings is 1. The number of halogens is 4. The van der Waals surface area contributed by atoms with Crippen LogP contribution in [0.25, 0.3) is 0 Å². The molecular formula is C17H20F4N2O. The first-order chi connectivity index (χ1) is 11.3. The number of fused-ring (bicyclic) bond motifs is 1. The number of rotatable bonds is 5. The van der Waals surface area contributed by atoms with E-state index >= 15 is 0 Å². The van der Waals surface area contributed by atoms with Gasteiger partial charge in [0.25, 0.3) is 5.91 Å². The number of carbonyl (C=O) groups excluding carboxylic acids is 1. The van der Waals surface area contributed by atoms with Gasteiger partial charge in [-0.25, -0.2) is 4.39 Å². The van der Waals surface area contributed by atoms with Gasteiger partial charge in [-0.3, -0.25) is 4.79 Å². The summed E-state index contributed by atoms with van der Waals surface area (Å²) < 4.78 is 56.0. The molecule has 0 aromatic heterocycles. The van der Waals surface area contributed by atoms with Gasteiger partial charge < -0.3 is 10.2 Å². The maximum absolute atomic E-state index is 14.1. The van der Waals surface area contributed by atoms with E-state index in [2.05, 4.69) is 5.32 Å². The molecule has 1 aromatic rings. The van der Waals surface area contributed by atoms with Crippen molar-refractivity contribution in [2.75, 3.05) is 16.8 Å². The molecule has 1 fully saturated rings. The number of hydrogen-bond donors (Lipinski definition) is 1. The lowest BCUT2D eigenvalue weighted by atomic mass is 9.85. The molecule has 2 aliphatic rings. The molecule has 1 aliphatic heterocycles. The second kappa shape index (κ2) is 5.93. The molecule has 7 heteroatoms. The first-order valence-electron chi connectivity index (χ1n) is 8.25. The van der Waals surface area contributed by atoms with Crippen molar-refractivity contribution in [1.29, 1.82) is 0 Å². The van der Waals surface area contributed by atoms with Gasteiger partial charge in [0.1, 0.15) is 5.82 Å². The van der Waals surface area contributed by atoms with Gasteiger partial charge >= 0.3 is 6.18 Å². The predicted molar refractivity (Wildman–Crippen MR) is 83.4 cm³/mol. The van der Waals surface area contributed by atoms with Crippen LogP contribution in [0.2, 0.25) is 0 Å². The van der Waals surface area contributed by atoms with Crippen molar-refractivity contribution >= 4 is 17.3 Å². The lowest BCUT2D eigenvalue weighted by Gasteiger charge is -2.48. The van der Waals surface area contributed by atoms with Crippen LogP contribution in [0.3, 0.4) is 0 Å². The summed E-state index contributed by atoms with van der Waals surface area (Å²) in [6.07, 6.45) is -2.60. The number of nitrogens with one attached hydrogen (secondary N) is 1. The molecule has 1 amide bonds. The van der Waals surface area contributed by atoms with Gasteiger partial charge in [0.15, 0.2) is 0 Å². The van der Waals surface area contributed by atoms with Crippen LogP contribution in [0.1, 0.15) is 39.0 Å². The average Bonchev–Trinajstić information content (AvgIpc) is 3.30. The van der Waals surface area contributed by atoms with Crippen LogP contribution in [-0.4, -0.2) is 24.2 Å². The molecule has 1 saturated carbocycles. The van der Waals surface area contributed by atoms with E-state index in [0.717, 1.165) is 29.9 Å². The Morgan fingerprint density at radius 1 is 1.33 bits per heavy atom. The van der Waals surface area contributed by atoms with E-state index in [-0.39, 0.29) is 36.7 Å². The summed E-state index contributed by atoms with van der Waals surface area (Å²) in [6.45, 7) is 1.90. The summed E-state index contributed by atoms with van der Waals surface area (Å²) in [6, 6.07) is 3.55. The molecule has 1 unspecified atom stereocenters. The minimum Gasteiger partial charge on any atom is -0.348 e. The summed E-state index contributed by atoms with van der Waals surface area (Å²) in [5.41, 5.74) is -2.28. The summed E-state index contributed by atoms with van der Waals surface area (Å²) in [4.78, 5) is 13.7. The third kappa shape index (κ3) is 2.74. The van der Waals surface area contributed by atoms with E-state index in [4.69, 9.17) is 0 Å². The summed E-state index contributed by atoms with van der Waals surface area (Å²) in [5.74, 6) is -1.56. The zero-order valence-electron chi connectivity index (χ0n) is 13.4. The summed E-state index contributed by atoms with van der Waals surface area (Å²) >= 11 is 0. The highest BCUT2D eigenvalue weighted by atomic mass is 19.4. The van der Waals surface area contributed by atoms with Crippen molar-refractivity contribution in [2.24, 2.45) is 5.92 Å². The molecule has 0 saturated heterocycles. The Labute approximate surface area is 138 Å². The highest BCUT2D eigenvalue weighted by Gasteiger charge is 2.65. The number of anilines is 2. The number of nitrogens with zero attached hydrogens (tertiary/aromatic N) is 1. The van der Waals surface area contributed by atoms with Gasteiger partial charge in [0, 0.05) is 6.54 Å². The minimum absolute atomic E-state index is 0.118. The Hall–Kier alpha value is -1.79. The Morgan fingerprint density at radius 2 is 2.04 bits per heavy atom. The monoisotopic (exact) mass is 344 g/mol. The molecule has 0 spiro atoms. The van der Waals surface area contributed by atoms with Gasteiger partial charge in [0.05, 0.1) is 11.4 Å². The fourth-order valence-electron chi connectivity index (χ4n) is 3.31. The van der Waals surface area contributed by atoms with Crippen molar-refractivity contribution in [3.63, 3.8) is 0 Å². The van der Waals surface area contributed by atoms with Gasteiger partial charge in [0.2, 0.25) is 5.54 Å². The second-order valence-corrected chi connectivity index (χ2v) is 6.63. The van der Waals surface area contributed by atoms with Crippen LogP contribution in [0.5, 0.6) is 0 Å². The van der Waals surface area contributed by atoms with Gasteiger partial charge in [-0.2, -0.15) is 13.2 Å². The fraction of sp³-hybridized carbons (Fsp3) is 0.588. The van der Waals surface area contributed by atoms with E-state index in [1.165, 1.54) is 6.07 Å². The van der Waals surface area contributed by atoms with E-state index < -0.39 is 23.4 Å². The van der Waals surface area contributed by atoms with Crippen molar-refractivity contribution in [1.82, 2.24) is 0 Å². The molecule has 3 rings (SSSR count). The standard InChI is InChI=1S/C17H20F4N2O/c1-2-3-8-16(17(19,20)21)15(24)22-13-7-6-12(18)9-14(13)23(16)10-11-4-5-11/h6-7,9,11H,2-5,8,10H2,1H3,(H,22,24). The Morgan fingerprint density at radius 3 is 2.62 bits per heavy atom. The average molecular weight is 344 g/mol. The Kier molecular flexibility index (Phi) is 4.21. The largest absolute Gasteiger partial charge is 0.420 e. The minimum atomic E-state index is -4.74. The molecule has 1 atom stereocenters. The zero-order chi connectivity index (χ0) is 17.5. The van der Waals surface area contributed by atoms with Crippen molar-refractivity contribution < 1.29 is 22.4 Å². The van der Waals surface area contributed by atoms with E-state index in [9.17, 15) is 22.4 Å². The van der Waals surface area contributed by atoms with E-state index in [1.807, 2.05) is 0 Å². The lowest BCUT2D eigenvalue weighted by Crippen LogP contribution is -2.68. The number of amides is 1. The van der Waals surface area contributed by atoms with E-state index in [1.54, 1.807) is 6.92 Å². The quantitative estimate of drug-likeness (QED) is 0.799. The topological polar surface area (TPSA) is 32.3 Å². The van der Waals surface area contributed by atoms with Gasteiger partial charge in [-0.15, -0.1) is 0 Å². The highest BCUT2D eigenvalue weighted by molar-refractivity contribution is 6.07. The second-order valence-electron chi connectivity index (χ2n) is 6.63. The van der Waals surface area contributed by atoms with Gasteiger partial charge in [-0.05, 0) is 43.4 Å². The fourth-order valence-corrected chi connectivity index (χ4v) is 3.31. The summed E-state index contributed by atoms with van der Waals surface area (Å²) in [7, 11) is 0. The Bertz CT molecular complexity index is 642. The maximum Gasteiger partial charge on any atom is 0.420 e. The van der Waals surface area contributed by atoms with Gasteiger partial charge in [-0.1, -0.05) is 19.8 Å². The molecule has 132 valence electrons. The van der Waals surface area contributed by atoms with Crippen molar-refractivity contribution in [2.45, 2.75) is 50.7 Å². The first kappa shape index (κ1) is 17.0. The third-order valence-electron chi connectivity index (χ3n) is 4.83. The van der Waals surface area contributed by atoms with Crippen molar-refractivity contribution in [3.8, 4) is 0 Å². The van der Waals surface area contributed by atoms with Crippen LogP contribution in [-0.2, 0) is 4.79 Å². The molecule has 0 bridgehead atoms. The smallest absolute Gasteiger partial charge is 0.348 e. The molecule has 24 heavy (non-hydrogen) atoms. The van der Waals surface area contributed by atoms with E-state index in [0.29, 0.717) is 6.42 Å². The van der Waals surface area contributed by atoms with Crippen LogP contribution in [0.4, 0.5) is 28.9 Å². The SMILES string of the molecule is CCCCC1(C(F)(F)F)C(=O)Nc2ccc(F)cc2N1CC1CC1. The molecule has 1 N–H and O–H groups in total. The van der Waals surface area contributed by atoms with Crippen LogP contribution in [0, 0.1) is 11.7 Å². The molecule has 0 radical (unpaired) electrons. The Balaban J connectivity index is 2.14.